The summed E-state index contributed by atoms with van der Waals surface area (Å²) in [5, 5.41) is 0.776. The van der Waals surface area contributed by atoms with Crippen LogP contribution in [0.3, 0.4) is 0 Å². The summed E-state index contributed by atoms with van der Waals surface area (Å²) >= 11 is 6.19. The normalized spacial score (nSPS) is 15.5. The van der Waals surface area contributed by atoms with E-state index in [0.29, 0.717) is 0 Å². The molecule has 1 N–H and O–H groups in total. The first-order valence-corrected chi connectivity index (χ1v) is 12.4. The predicted octanol–water partition coefficient (Wildman–Crippen LogP) is 7.77. The molecule has 1 aromatic heterocycles. The number of aryl methyl sites for hydroxylation is 1. The maximum absolute atomic E-state index is 6.19. The van der Waals surface area contributed by atoms with Gasteiger partial charge in [0.2, 0.25) is 0 Å². The summed E-state index contributed by atoms with van der Waals surface area (Å²) in [6.07, 6.45) is 0. The van der Waals surface area contributed by atoms with Crippen molar-refractivity contribution in [3.05, 3.63) is 112 Å². The van der Waals surface area contributed by atoms with E-state index in [-0.39, 0.29) is 49.3 Å². The average Bonchev–Trinajstić information content (AvgIpc) is 3.28. The molecule has 1 fully saturated rings. The molecule has 3 aromatic carbocycles. The predicted molar refractivity (Wildman–Crippen MR) is 162 cm³/mol. The van der Waals surface area contributed by atoms with E-state index in [0.717, 1.165) is 54.0 Å². The van der Waals surface area contributed by atoms with Gasteiger partial charge in [0.1, 0.15) is 5.82 Å². The number of halogens is 4. The number of benzene rings is 3. The minimum Gasteiger partial charge on any atom is -0.342 e. The molecule has 2 atom stereocenters. The Kier molecular flexibility index (Phi) is 12.0. The van der Waals surface area contributed by atoms with Gasteiger partial charge in [0.25, 0.3) is 0 Å². The molecule has 0 spiro atoms. The number of aromatic amines is 1. The third kappa shape index (κ3) is 7.08. The lowest BCUT2D eigenvalue weighted by molar-refractivity contribution is 0.0826. The number of rotatable bonds is 6. The van der Waals surface area contributed by atoms with Crippen molar-refractivity contribution in [1.29, 1.82) is 0 Å². The second kappa shape index (κ2) is 14.2. The van der Waals surface area contributed by atoms with Gasteiger partial charge in [-0.2, -0.15) is 0 Å². The number of nitrogens with one attached hydrogen (secondary N) is 1. The molecule has 198 valence electrons. The lowest BCUT2D eigenvalue weighted by Gasteiger charge is -2.41. The van der Waals surface area contributed by atoms with Crippen LogP contribution in [0.5, 0.6) is 0 Å². The summed E-state index contributed by atoms with van der Waals surface area (Å²) in [6.45, 7) is 8.42. The highest BCUT2D eigenvalue weighted by Crippen LogP contribution is 2.32. The van der Waals surface area contributed by atoms with Crippen LogP contribution in [0, 0.1) is 6.92 Å². The van der Waals surface area contributed by atoms with Gasteiger partial charge in [0.05, 0.1) is 17.8 Å². The van der Waals surface area contributed by atoms with Crippen molar-refractivity contribution < 1.29 is 0 Å². The summed E-state index contributed by atoms with van der Waals surface area (Å²) in [6, 6.07) is 30.0. The molecule has 1 aliphatic rings. The second-order valence-corrected chi connectivity index (χ2v) is 9.51. The third-order valence-electron chi connectivity index (χ3n) is 6.93. The molecule has 0 bridgehead atoms. The van der Waals surface area contributed by atoms with E-state index in [9.17, 15) is 0 Å². The van der Waals surface area contributed by atoms with Crippen LogP contribution in [-0.2, 0) is 0 Å². The molecule has 2 unspecified atom stereocenters. The van der Waals surface area contributed by atoms with Crippen molar-refractivity contribution in [3.8, 4) is 11.4 Å². The zero-order chi connectivity index (χ0) is 23.5. The fraction of sp³-hybridized carbons (Fsp3) is 0.276. The molecule has 37 heavy (non-hydrogen) atoms. The minimum absolute atomic E-state index is 0. The zero-order valence-electron chi connectivity index (χ0n) is 21.0. The van der Waals surface area contributed by atoms with Crippen LogP contribution in [0.15, 0.2) is 84.9 Å². The molecule has 4 aromatic rings. The summed E-state index contributed by atoms with van der Waals surface area (Å²) in [4.78, 5) is 13.6. The van der Waals surface area contributed by atoms with Gasteiger partial charge in [0, 0.05) is 42.5 Å². The van der Waals surface area contributed by atoms with E-state index in [4.69, 9.17) is 16.6 Å². The Morgan fingerprint density at radius 1 is 0.730 bits per heavy atom. The van der Waals surface area contributed by atoms with Gasteiger partial charge < -0.3 is 4.98 Å². The average molecular weight is 580 g/mol. The lowest BCUT2D eigenvalue weighted by atomic mass is 9.96. The Balaban J connectivity index is 0.00000160. The summed E-state index contributed by atoms with van der Waals surface area (Å²) in [7, 11) is 0. The van der Waals surface area contributed by atoms with E-state index in [1.165, 1.54) is 11.1 Å². The van der Waals surface area contributed by atoms with E-state index >= 15 is 0 Å². The summed E-state index contributed by atoms with van der Waals surface area (Å²) in [5.41, 5.74) is 6.03. The fourth-order valence-corrected chi connectivity index (χ4v) is 5.19. The summed E-state index contributed by atoms with van der Waals surface area (Å²) in [5.74, 6) is 0.950. The Labute approximate surface area is 243 Å². The molecule has 0 radical (unpaired) electrons. The first-order chi connectivity index (χ1) is 16.6. The quantitative estimate of drug-likeness (QED) is 0.253. The van der Waals surface area contributed by atoms with Crippen molar-refractivity contribution in [2.24, 2.45) is 0 Å². The van der Waals surface area contributed by atoms with E-state index in [2.05, 4.69) is 95.4 Å². The van der Waals surface area contributed by atoms with Gasteiger partial charge >= 0.3 is 0 Å². The number of H-pyrrole nitrogens is 1. The number of hydrogen-bond donors (Lipinski definition) is 1. The van der Waals surface area contributed by atoms with E-state index in [1.807, 2.05) is 18.2 Å². The van der Waals surface area contributed by atoms with Crippen molar-refractivity contribution in [2.45, 2.75) is 25.9 Å². The molecule has 0 saturated carbocycles. The number of hydrogen-bond acceptors (Lipinski definition) is 3. The summed E-state index contributed by atoms with van der Waals surface area (Å²) < 4.78 is 0. The molecule has 0 aliphatic carbocycles. The van der Waals surface area contributed by atoms with Gasteiger partial charge in [-0.05, 0) is 37.1 Å². The highest BCUT2D eigenvalue weighted by Gasteiger charge is 2.30. The first kappa shape index (κ1) is 31.2. The van der Waals surface area contributed by atoms with Gasteiger partial charge in [-0.15, -0.1) is 37.2 Å². The first-order valence-electron chi connectivity index (χ1n) is 12.0. The molecule has 8 heteroatoms. The largest absolute Gasteiger partial charge is 0.342 e. The molecule has 1 aliphatic heterocycles. The molecule has 0 amide bonds. The molecule has 5 rings (SSSR count). The maximum Gasteiger partial charge on any atom is 0.137 e. The maximum atomic E-state index is 6.19. The van der Waals surface area contributed by atoms with E-state index < -0.39 is 0 Å². The highest BCUT2D eigenvalue weighted by atomic mass is 35.5. The van der Waals surface area contributed by atoms with Crippen LogP contribution in [-0.4, -0.2) is 45.9 Å². The van der Waals surface area contributed by atoms with Gasteiger partial charge in [-0.1, -0.05) is 84.4 Å². The Hall–Kier alpha value is -2.05. The standard InChI is InChI=1S/C29H31ClN4.3ClH/c1-21-27(32-29(31-21)25-11-7-4-8-12-25)22(2)33-17-19-34(20-18-33)28(23-9-5-3-6-10-23)24-13-15-26(30)16-14-24;;;/h3-16,22,28H,17-20H2,1-2H3,(H,31,32);3*1H. The van der Waals surface area contributed by atoms with Crippen molar-refractivity contribution in [1.82, 2.24) is 19.8 Å². The lowest BCUT2D eigenvalue weighted by Crippen LogP contribution is -2.48. The number of aromatic nitrogens is 2. The smallest absolute Gasteiger partial charge is 0.137 e. The fourth-order valence-electron chi connectivity index (χ4n) is 5.06. The van der Waals surface area contributed by atoms with Crippen LogP contribution in [0.4, 0.5) is 0 Å². The monoisotopic (exact) mass is 578 g/mol. The van der Waals surface area contributed by atoms with E-state index in [1.54, 1.807) is 0 Å². The zero-order valence-corrected chi connectivity index (χ0v) is 24.2. The second-order valence-electron chi connectivity index (χ2n) is 9.07. The Morgan fingerprint density at radius 2 is 1.24 bits per heavy atom. The van der Waals surface area contributed by atoms with Crippen LogP contribution in [0.25, 0.3) is 11.4 Å². The molecular weight excluding hydrogens is 546 g/mol. The molecule has 1 saturated heterocycles. The third-order valence-corrected chi connectivity index (χ3v) is 7.18. The number of piperazine rings is 1. The molecule has 2 heterocycles. The van der Waals surface area contributed by atoms with Gasteiger partial charge in [-0.3, -0.25) is 9.80 Å². The number of nitrogens with zero attached hydrogens (tertiary/aromatic N) is 3. The Morgan fingerprint density at radius 3 is 1.84 bits per heavy atom. The van der Waals surface area contributed by atoms with Crippen LogP contribution in [0.2, 0.25) is 5.02 Å². The van der Waals surface area contributed by atoms with Crippen molar-refractivity contribution >= 4 is 48.8 Å². The number of imidazole rings is 1. The molecule has 4 nitrogen and oxygen atoms in total. The van der Waals surface area contributed by atoms with Gasteiger partial charge in [-0.25, -0.2) is 4.98 Å². The van der Waals surface area contributed by atoms with Gasteiger partial charge in [0.15, 0.2) is 0 Å². The topological polar surface area (TPSA) is 35.2 Å². The molecular formula is C29H34Cl4N4. The highest BCUT2D eigenvalue weighted by molar-refractivity contribution is 6.30. The SMILES string of the molecule is Cc1[nH]c(-c2ccccc2)nc1C(C)N1CCN(C(c2ccccc2)c2ccc(Cl)cc2)CC1.Cl.Cl.Cl. The van der Waals surface area contributed by atoms with Crippen LogP contribution < -0.4 is 0 Å². The minimum atomic E-state index is 0. The van der Waals surface area contributed by atoms with Crippen LogP contribution >= 0.6 is 48.8 Å². The Bertz CT molecular complexity index is 1210. The van der Waals surface area contributed by atoms with Crippen molar-refractivity contribution in [3.63, 3.8) is 0 Å². The van der Waals surface area contributed by atoms with Crippen LogP contribution in [0.1, 0.15) is 41.5 Å². The van der Waals surface area contributed by atoms with Crippen molar-refractivity contribution in [2.75, 3.05) is 26.2 Å².